The Kier molecular flexibility index (Phi) is 2.59. The molecule has 1 aromatic heterocycles. The average molecular weight is 208 g/mol. The van der Waals surface area contributed by atoms with Crippen LogP contribution in [0.15, 0.2) is 0 Å². The maximum atomic E-state index is 9.33. The van der Waals surface area contributed by atoms with Crippen molar-refractivity contribution >= 4 is 0 Å². The van der Waals surface area contributed by atoms with E-state index in [2.05, 4.69) is 30.7 Å². The lowest BCUT2D eigenvalue weighted by Crippen LogP contribution is -2.14. The molecule has 2 N–H and O–H groups in total. The second kappa shape index (κ2) is 3.63. The normalized spacial score (nSPS) is 18.5. The number of imidazole rings is 1. The first-order chi connectivity index (χ1) is 7.07. The summed E-state index contributed by atoms with van der Waals surface area (Å²) in [4.78, 5) is 7.97. The maximum Gasteiger partial charge on any atom is 0.115 e. The van der Waals surface area contributed by atoms with Crippen LogP contribution in [0.4, 0.5) is 0 Å². The Labute approximate surface area is 90.9 Å². The Morgan fingerprint density at radius 2 is 2.13 bits per heavy atom. The minimum Gasteiger partial charge on any atom is -0.395 e. The van der Waals surface area contributed by atoms with Crippen molar-refractivity contribution in [3.05, 3.63) is 17.2 Å². The molecule has 1 fully saturated rings. The summed E-state index contributed by atoms with van der Waals surface area (Å²) < 4.78 is 0. The fourth-order valence-corrected chi connectivity index (χ4v) is 1.95. The van der Waals surface area contributed by atoms with E-state index >= 15 is 0 Å². The summed E-state index contributed by atoms with van der Waals surface area (Å²) in [5, 5.41) is 9.33. The summed E-state index contributed by atoms with van der Waals surface area (Å²) in [5.41, 5.74) is 2.30. The molecule has 0 aliphatic heterocycles. The van der Waals surface area contributed by atoms with E-state index in [1.165, 1.54) is 11.4 Å². The van der Waals surface area contributed by atoms with Gasteiger partial charge in [-0.05, 0) is 32.1 Å². The largest absolute Gasteiger partial charge is 0.395 e. The van der Waals surface area contributed by atoms with E-state index in [1.54, 1.807) is 0 Å². The van der Waals surface area contributed by atoms with Crippen LogP contribution in [-0.4, -0.2) is 21.7 Å². The minimum atomic E-state index is -0.0278. The van der Waals surface area contributed by atoms with Crippen molar-refractivity contribution in [2.45, 2.75) is 45.4 Å². The van der Waals surface area contributed by atoms with Crippen LogP contribution in [0.25, 0.3) is 0 Å². The second-order valence-electron chi connectivity index (χ2n) is 5.19. The molecule has 0 atom stereocenters. The highest BCUT2D eigenvalue weighted by molar-refractivity contribution is 5.24. The van der Waals surface area contributed by atoms with Gasteiger partial charge in [-0.25, -0.2) is 4.98 Å². The molecule has 0 amide bonds. The fourth-order valence-electron chi connectivity index (χ4n) is 1.95. The zero-order valence-corrected chi connectivity index (χ0v) is 9.80. The van der Waals surface area contributed by atoms with Crippen molar-refractivity contribution in [2.24, 2.45) is 5.92 Å². The fraction of sp³-hybridized carbons (Fsp3) is 0.750. The quantitative estimate of drug-likeness (QED) is 0.794. The van der Waals surface area contributed by atoms with E-state index in [4.69, 9.17) is 0 Å². The molecular weight excluding hydrogens is 188 g/mol. The van der Waals surface area contributed by atoms with Gasteiger partial charge < -0.3 is 10.1 Å². The van der Waals surface area contributed by atoms with Gasteiger partial charge in [-0.15, -0.1) is 0 Å². The monoisotopic (exact) mass is 208 g/mol. The molecule has 3 heteroatoms. The van der Waals surface area contributed by atoms with E-state index in [9.17, 15) is 5.11 Å². The highest BCUT2D eigenvalue weighted by Gasteiger charge is 2.46. The molecule has 0 saturated heterocycles. The molecule has 0 unspecified atom stereocenters. The van der Waals surface area contributed by atoms with E-state index in [0.717, 1.165) is 25.1 Å². The molecule has 1 saturated carbocycles. The third-order valence-corrected chi connectivity index (χ3v) is 3.25. The Balaban J connectivity index is 2.21. The predicted molar refractivity (Wildman–Crippen MR) is 59.9 cm³/mol. The summed E-state index contributed by atoms with van der Waals surface area (Å²) in [6, 6.07) is 0. The Bertz CT molecular complexity index is 351. The number of H-pyrrole nitrogens is 1. The van der Waals surface area contributed by atoms with Gasteiger partial charge in [0.1, 0.15) is 5.82 Å². The van der Waals surface area contributed by atoms with Crippen LogP contribution >= 0.6 is 0 Å². The molecule has 0 radical (unpaired) electrons. The number of aryl methyl sites for hydroxylation is 1. The van der Waals surface area contributed by atoms with Gasteiger partial charge in [0, 0.05) is 5.69 Å². The number of hydrogen-bond acceptors (Lipinski definition) is 2. The number of aromatic nitrogens is 2. The van der Waals surface area contributed by atoms with Crippen molar-refractivity contribution in [1.29, 1.82) is 0 Å². The van der Waals surface area contributed by atoms with Gasteiger partial charge in [-0.1, -0.05) is 13.8 Å². The summed E-state index contributed by atoms with van der Waals surface area (Å²) >= 11 is 0. The third-order valence-electron chi connectivity index (χ3n) is 3.25. The molecule has 0 spiro atoms. The molecular formula is C12H20N2O. The summed E-state index contributed by atoms with van der Waals surface area (Å²) in [7, 11) is 0. The molecule has 1 heterocycles. The molecule has 1 aliphatic rings. The van der Waals surface area contributed by atoms with E-state index < -0.39 is 0 Å². The molecule has 3 nitrogen and oxygen atoms in total. The number of nitrogens with zero attached hydrogens (tertiary/aromatic N) is 1. The number of rotatable bonds is 4. The van der Waals surface area contributed by atoms with Crippen molar-refractivity contribution in [2.75, 3.05) is 6.61 Å². The molecule has 1 aliphatic carbocycles. The van der Waals surface area contributed by atoms with E-state index in [1.807, 2.05) is 0 Å². The molecule has 1 aromatic rings. The van der Waals surface area contributed by atoms with Gasteiger partial charge in [0.05, 0.1) is 17.7 Å². The molecule has 2 rings (SSSR count). The molecule has 84 valence electrons. The van der Waals surface area contributed by atoms with Crippen molar-refractivity contribution in [1.82, 2.24) is 9.97 Å². The lowest BCUT2D eigenvalue weighted by molar-refractivity contribution is 0.250. The van der Waals surface area contributed by atoms with Crippen LogP contribution in [0.2, 0.25) is 0 Å². The van der Waals surface area contributed by atoms with Crippen LogP contribution in [0.3, 0.4) is 0 Å². The van der Waals surface area contributed by atoms with Crippen molar-refractivity contribution < 1.29 is 5.11 Å². The van der Waals surface area contributed by atoms with Gasteiger partial charge in [-0.2, -0.15) is 0 Å². The Morgan fingerprint density at radius 1 is 1.47 bits per heavy atom. The lowest BCUT2D eigenvalue weighted by Gasteiger charge is -2.06. The third kappa shape index (κ3) is 1.93. The van der Waals surface area contributed by atoms with Gasteiger partial charge in [0.15, 0.2) is 0 Å². The van der Waals surface area contributed by atoms with Gasteiger partial charge >= 0.3 is 0 Å². The van der Waals surface area contributed by atoms with Crippen LogP contribution in [-0.2, 0) is 11.8 Å². The highest BCUT2D eigenvalue weighted by atomic mass is 16.3. The standard InChI is InChI=1S/C12H20N2O/c1-8(2)6-10-9(3)13-11(14-10)12(7-15)4-5-12/h8,15H,4-7H2,1-3H3,(H,13,14). The van der Waals surface area contributed by atoms with Gasteiger partial charge in [-0.3, -0.25) is 0 Å². The average Bonchev–Trinajstić information content (AvgIpc) is 2.88. The number of aliphatic hydroxyl groups is 1. The predicted octanol–water partition coefficient (Wildman–Crippen LogP) is 1.94. The summed E-state index contributed by atoms with van der Waals surface area (Å²) in [6.07, 6.45) is 3.15. The van der Waals surface area contributed by atoms with Gasteiger partial charge in [0.2, 0.25) is 0 Å². The second-order valence-corrected chi connectivity index (χ2v) is 5.19. The number of hydrogen-bond donors (Lipinski definition) is 2. The first-order valence-electron chi connectivity index (χ1n) is 5.74. The van der Waals surface area contributed by atoms with E-state index in [-0.39, 0.29) is 12.0 Å². The summed E-state index contributed by atoms with van der Waals surface area (Å²) in [5.74, 6) is 1.63. The van der Waals surface area contributed by atoms with Crippen molar-refractivity contribution in [3.63, 3.8) is 0 Å². The van der Waals surface area contributed by atoms with E-state index in [0.29, 0.717) is 5.92 Å². The van der Waals surface area contributed by atoms with Crippen LogP contribution in [0, 0.1) is 12.8 Å². The van der Waals surface area contributed by atoms with Crippen LogP contribution in [0.5, 0.6) is 0 Å². The Hall–Kier alpha value is -0.830. The SMILES string of the molecule is Cc1[nH]c(C2(CO)CC2)nc1CC(C)C. The maximum absolute atomic E-state index is 9.33. The lowest BCUT2D eigenvalue weighted by atomic mass is 10.1. The minimum absolute atomic E-state index is 0.0278. The number of aromatic amines is 1. The smallest absolute Gasteiger partial charge is 0.115 e. The van der Waals surface area contributed by atoms with Gasteiger partial charge in [0.25, 0.3) is 0 Å². The molecule has 0 aromatic carbocycles. The topological polar surface area (TPSA) is 48.9 Å². The first kappa shape index (κ1) is 10.7. The number of aliphatic hydroxyl groups excluding tert-OH is 1. The Morgan fingerprint density at radius 3 is 2.60 bits per heavy atom. The van der Waals surface area contributed by atoms with Crippen LogP contribution in [0.1, 0.15) is 43.9 Å². The first-order valence-corrected chi connectivity index (χ1v) is 5.74. The zero-order chi connectivity index (χ0) is 11.1. The summed E-state index contributed by atoms with van der Waals surface area (Å²) in [6.45, 7) is 6.70. The van der Waals surface area contributed by atoms with Crippen molar-refractivity contribution in [3.8, 4) is 0 Å². The molecule has 0 bridgehead atoms. The highest BCUT2D eigenvalue weighted by Crippen LogP contribution is 2.46. The number of nitrogens with one attached hydrogen (secondary N) is 1. The van der Waals surface area contributed by atoms with Crippen LogP contribution < -0.4 is 0 Å². The zero-order valence-electron chi connectivity index (χ0n) is 9.80. The molecule has 15 heavy (non-hydrogen) atoms.